The first-order chi connectivity index (χ1) is 10.6. The van der Waals surface area contributed by atoms with E-state index in [2.05, 4.69) is 25.3 Å². The van der Waals surface area contributed by atoms with Crippen LogP contribution in [0.5, 0.6) is 0 Å². The summed E-state index contributed by atoms with van der Waals surface area (Å²) < 4.78 is 1.56. The Kier molecular flexibility index (Phi) is 4.54. The highest BCUT2D eigenvalue weighted by Gasteiger charge is 2.19. The van der Waals surface area contributed by atoms with Gasteiger partial charge in [-0.15, -0.1) is 11.3 Å². The zero-order valence-electron chi connectivity index (χ0n) is 13.0. The van der Waals surface area contributed by atoms with Crippen molar-refractivity contribution in [2.24, 2.45) is 0 Å². The number of aryl methyl sites for hydroxylation is 2. The second-order valence-corrected chi connectivity index (χ2v) is 6.47. The van der Waals surface area contributed by atoms with Gasteiger partial charge >= 0.3 is 0 Å². The first-order valence-corrected chi connectivity index (χ1v) is 8.44. The Balaban J connectivity index is 1.52. The highest BCUT2D eigenvalue weighted by molar-refractivity contribution is 7.13. The van der Waals surface area contributed by atoms with Gasteiger partial charge in [0.25, 0.3) is 5.56 Å². The topological polar surface area (TPSA) is 54.3 Å². The fourth-order valence-corrected chi connectivity index (χ4v) is 3.45. The quantitative estimate of drug-likeness (QED) is 0.846. The van der Waals surface area contributed by atoms with Gasteiger partial charge in [-0.25, -0.2) is 9.67 Å². The molecule has 0 amide bonds. The molecule has 1 aliphatic heterocycles. The molecule has 0 bridgehead atoms. The van der Waals surface area contributed by atoms with E-state index in [1.54, 1.807) is 28.2 Å². The largest absolute Gasteiger partial charge is 0.346 e. The highest BCUT2D eigenvalue weighted by atomic mass is 32.1. The van der Waals surface area contributed by atoms with Crippen molar-refractivity contribution in [1.82, 2.24) is 19.7 Å². The molecule has 0 aliphatic carbocycles. The molecule has 2 aromatic heterocycles. The number of nitrogens with zero attached hydrogens (tertiary/aromatic N) is 5. The Bertz CT molecular complexity index is 687. The summed E-state index contributed by atoms with van der Waals surface area (Å²) in [5, 5.41) is 7.50. The number of thiazole rings is 1. The van der Waals surface area contributed by atoms with Gasteiger partial charge in [0.1, 0.15) is 0 Å². The lowest BCUT2D eigenvalue weighted by molar-refractivity contribution is 0.242. The molecule has 0 radical (unpaired) electrons. The van der Waals surface area contributed by atoms with Crippen LogP contribution in [0, 0.1) is 13.8 Å². The van der Waals surface area contributed by atoms with Crippen LogP contribution in [0.2, 0.25) is 0 Å². The van der Waals surface area contributed by atoms with E-state index >= 15 is 0 Å². The predicted octanol–water partition coefficient (Wildman–Crippen LogP) is 1.14. The van der Waals surface area contributed by atoms with E-state index in [1.165, 1.54) is 0 Å². The minimum Gasteiger partial charge on any atom is -0.346 e. The van der Waals surface area contributed by atoms with Crippen molar-refractivity contribution in [2.75, 3.05) is 37.6 Å². The van der Waals surface area contributed by atoms with Crippen LogP contribution in [0.15, 0.2) is 22.3 Å². The van der Waals surface area contributed by atoms with E-state index in [0.29, 0.717) is 6.54 Å². The zero-order chi connectivity index (χ0) is 15.5. The maximum absolute atomic E-state index is 11.8. The summed E-state index contributed by atoms with van der Waals surface area (Å²) >= 11 is 1.71. The molecule has 0 atom stereocenters. The van der Waals surface area contributed by atoms with Gasteiger partial charge in [-0.3, -0.25) is 9.69 Å². The number of anilines is 1. The van der Waals surface area contributed by atoms with Crippen LogP contribution in [-0.2, 0) is 6.54 Å². The van der Waals surface area contributed by atoms with Gasteiger partial charge in [0.05, 0.1) is 17.9 Å². The summed E-state index contributed by atoms with van der Waals surface area (Å²) in [6, 6.07) is 3.35. The minimum atomic E-state index is -0.0255. The third-order valence-electron chi connectivity index (χ3n) is 3.88. The average Bonchev–Trinajstić information content (AvgIpc) is 2.95. The number of aromatic nitrogens is 3. The molecule has 7 heteroatoms. The average molecular weight is 319 g/mol. The van der Waals surface area contributed by atoms with Crippen LogP contribution in [0.4, 0.5) is 5.13 Å². The molecule has 118 valence electrons. The number of hydrogen-bond donors (Lipinski definition) is 0. The van der Waals surface area contributed by atoms with Gasteiger partial charge in [-0.2, -0.15) is 5.10 Å². The lowest BCUT2D eigenvalue weighted by atomic mass is 10.3. The third kappa shape index (κ3) is 3.53. The number of rotatable bonds is 4. The predicted molar refractivity (Wildman–Crippen MR) is 88.7 cm³/mol. The van der Waals surface area contributed by atoms with Crippen molar-refractivity contribution in [1.29, 1.82) is 0 Å². The summed E-state index contributed by atoms with van der Waals surface area (Å²) in [6.07, 6.45) is 0. The van der Waals surface area contributed by atoms with Crippen LogP contribution < -0.4 is 10.5 Å². The lowest BCUT2D eigenvalue weighted by Gasteiger charge is -2.34. The lowest BCUT2D eigenvalue weighted by Crippen LogP contribution is -2.47. The van der Waals surface area contributed by atoms with Gasteiger partial charge in [0.2, 0.25) is 0 Å². The van der Waals surface area contributed by atoms with Gasteiger partial charge in [-0.05, 0) is 19.9 Å². The maximum Gasteiger partial charge on any atom is 0.266 e. The van der Waals surface area contributed by atoms with Crippen LogP contribution in [0.1, 0.15) is 11.4 Å². The smallest absolute Gasteiger partial charge is 0.266 e. The molecule has 0 unspecified atom stereocenters. The fourth-order valence-electron chi connectivity index (χ4n) is 2.60. The molecule has 0 N–H and O–H groups in total. The van der Waals surface area contributed by atoms with Crippen molar-refractivity contribution in [2.45, 2.75) is 20.4 Å². The van der Waals surface area contributed by atoms with Gasteiger partial charge in [0.15, 0.2) is 5.13 Å². The second kappa shape index (κ2) is 6.58. The van der Waals surface area contributed by atoms with Crippen molar-refractivity contribution in [3.8, 4) is 0 Å². The molecule has 22 heavy (non-hydrogen) atoms. The molecule has 3 rings (SSSR count). The number of piperazine rings is 1. The molecular formula is C15H21N5OS. The van der Waals surface area contributed by atoms with Gasteiger partial charge < -0.3 is 4.90 Å². The van der Waals surface area contributed by atoms with E-state index in [0.717, 1.165) is 49.2 Å². The normalized spacial score (nSPS) is 16.2. The zero-order valence-corrected chi connectivity index (χ0v) is 13.8. The van der Waals surface area contributed by atoms with E-state index < -0.39 is 0 Å². The van der Waals surface area contributed by atoms with Gasteiger partial charge in [-0.1, -0.05) is 0 Å². The Labute approximate surface area is 134 Å². The van der Waals surface area contributed by atoms with Crippen LogP contribution in [-0.4, -0.2) is 52.4 Å². The Hall–Kier alpha value is -1.73. The Morgan fingerprint density at radius 2 is 1.86 bits per heavy atom. The first-order valence-electron chi connectivity index (χ1n) is 7.56. The summed E-state index contributed by atoms with van der Waals surface area (Å²) in [7, 11) is 0. The highest BCUT2D eigenvalue weighted by Crippen LogP contribution is 2.21. The molecule has 2 aromatic rings. The van der Waals surface area contributed by atoms with Crippen molar-refractivity contribution in [3.63, 3.8) is 0 Å². The van der Waals surface area contributed by atoms with Crippen molar-refractivity contribution >= 4 is 16.5 Å². The summed E-state index contributed by atoms with van der Waals surface area (Å²) in [5.74, 6) is 0. The third-order valence-corrected chi connectivity index (χ3v) is 4.90. The molecule has 3 heterocycles. The van der Waals surface area contributed by atoms with Crippen molar-refractivity contribution in [3.05, 3.63) is 39.3 Å². The summed E-state index contributed by atoms with van der Waals surface area (Å²) in [6.45, 7) is 9.43. The molecule has 0 saturated carbocycles. The van der Waals surface area contributed by atoms with E-state index in [4.69, 9.17) is 0 Å². The standard InChI is InChI=1S/C15H21N5OS/c1-12-3-4-14(21)20(17-12)10-7-18-5-8-19(9-6-18)15-16-13(2)11-22-15/h3-4,11H,5-10H2,1-2H3. The minimum absolute atomic E-state index is 0.0255. The Morgan fingerprint density at radius 1 is 1.09 bits per heavy atom. The van der Waals surface area contributed by atoms with E-state index in [9.17, 15) is 4.79 Å². The maximum atomic E-state index is 11.8. The van der Waals surface area contributed by atoms with Crippen LogP contribution in [0.25, 0.3) is 0 Å². The SMILES string of the molecule is Cc1csc(N2CCN(CCn3nc(C)ccc3=O)CC2)n1. The molecule has 0 aromatic carbocycles. The number of hydrogen-bond acceptors (Lipinski definition) is 6. The molecular weight excluding hydrogens is 298 g/mol. The van der Waals surface area contributed by atoms with Crippen molar-refractivity contribution < 1.29 is 0 Å². The molecule has 6 nitrogen and oxygen atoms in total. The summed E-state index contributed by atoms with van der Waals surface area (Å²) in [5.41, 5.74) is 1.94. The second-order valence-electron chi connectivity index (χ2n) is 5.64. The van der Waals surface area contributed by atoms with Crippen LogP contribution in [0.3, 0.4) is 0 Å². The van der Waals surface area contributed by atoms with Gasteiger partial charge in [0, 0.05) is 44.2 Å². The molecule has 1 fully saturated rings. The van der Waals surface area contributed by atoms with E-state index in [1.807, 2.05) is 13.8 Å². The first kappa shape index (κ1) is 15.2. The summed E-state index contributed by atoms with van der Waals surface area (Å²) in [4.78, 5) is 21.0. The molecule has 0 spiro atoms. The molecule has 1 saturated heterocycles. The monoisotopic (exact) mass is 319 g/mol. The van der Waals surface area contributed by atoms with Crippen LogP contribution >= 0.6 is 11.3 Å². The molecule has 1 aliphatic rings. The Morgan fingerprint density at radius 3 is 2.55 bits per heavy atom. The van der Waals surface area contributed by atoms with E-state index in [-0.39, 0.29) is 5.56 Å². The fraction of sp³-hybridized carbons (Fsp3) is 0.533.